The number of nitrogens with one attached hydrogen (secondary N) is 2. The first kappa shape index (κ1) is 23.2. The van der Waals surface area contributed by atoms with Crippen molar-refractivity contribution in [3.8, 4) is 0 Å². The highest BCUT2D eigenvalue weighted by Gasteiger charge is 2.20. The molecule has 0 fully saturated rings. The van der Waals surface area contributed by atoms with Crippen molar-refractivity contribution in [1.29, 1.82) is 0 Å². The molecule has 0 aliphatic carbocycles. The molecule has 0 unspecified atom stereocenters. The Morgan fingerprint density at radius 2 is 1.94 bits per heavy atom. The number of carbonyl (C=O) groups excluding carboxylic acids is 2. The van der Waals surface area contributed by atoms with Crippen LogP contribution in [-0.2, 0) is 11.3 Å². The fraction of sp³-hybridized carbons (Fsp3) is 0.350. The number of hydrogen-bond acceptors (Lipinski definition) is 7. The molecule has 2 heterocycles. The third kappa shape index (κ3) is 5.84. The molecule has 0 radical (unpaired) electrons. The summed E-state index contributed by atoms with van der Waals surface area (Å²) in [6.45, 7) is 8.30. The Hall–Kier alpha value is -2.43. The van der Waals surface area contributed by atoms with E-state index in [1.807, 2.05) is 32.3 Å². The summed E-state index contributed by atoms with van der Waals surface area (Å²) in [5, 5.41) is 16.0. The Morgan fingerprint density at radius 1 is 1.23 bits per heavy atom. The van der Waals surface area contributed by atoms with Gasteiger partial charge in [-0.25, -0.2) is 4.98 Å². The first-order chi connectivity index (χ1) is 14.8. The predicted octanol–water partition coefficient (Wildman–Crippen LogP) is 4.25. The first-order valence-electron chi connectivity index (χ1n) is 9.64. The molecule has 0 spiro atoms. The number of thioether (sulfide) groups is 1. The van der Waals surface area contributed by atoms with Crippen LogP contribution in [0.5, 0.6) is 0 Å². The van der Waals surface area contributed by atoms with Gasteiger partial charge in [0, 0.05) is 22.0 Å². The highest BCUT2D eigenvalue weighted by atomic mass is 35.5. The van der Waals surface area contributed by atoms with Gasteiger partial charge in [-0.2, -0.15) is 0 Å². The molecule has 11 heteroatoms. The number of thiazole rings is 1. The number of benzene rings is 1. The molecule has 1 atom stereocenters. The molecule has 0 saturated heterocycles. The van der Waals surface area contributed by atoms with Crippen molar-refractivity contribution >= 4 is 51.6 Å². The summed E-state index contributed by atoms with van der Waals surface area (Å²) in [5.41, 5.74) is 1.43. The molecule has 2 amide bonds. The molecule has 0 aliphatic rings. The van der Waals surface area contributed by atoms with Crippen LogP contribution in [-0.4, -0.2) is 37.3 Å². The second-order valence-electron chi connectivity index (χ2n) is 6.78. The molecule has 2 aromatic heterocycles. The highest BCUT2D eigenvalue weighted by molar-refractivity contribution is 7.99. The number of amides is 2. The monoisotopic (exact) mass is 478 g/mol. The van der Waals surface area contributed by atoms with Gasteiger partial charge < -0.3 is 15.2 Å². The Kier molecular flexibility index (Phi) is 7.69. The van der Waals surface area contributed by atoms with Crippen molar-refractivity contribution in [3.63, 3.8) is 0 Å². The number of carbonyl (C=O) groups is 2. The van der Waals surface area contributed by atoms with Crippen LogP contribution in [0.3, 0.4) is 0 Å². The van der Waals surface area contributed by atoms with E-state index in [0.29, 0.717) is 33.2 Å². The SMILES string of the molecule is CCn1c(SCC(=O)Nc2nc(C)c(C)s2)nnc1[C@H](C)NC(=O)c1ccc(Cl)cc1. The third-order valence-electron chi connectivity index (χ3n) is 4.51. The van der Waals surface area contributed by atoms with Gasteiger partial charge in [-0.1, -0.05) is 23.4 Å². The van der Waals surface area contributed by atoms with Gasteiger partial charge in [0.1, 0.15) is 0 Å². The maximum atomic E-state index is 12.5. The molecule has 2 N–H and O–H groups in total. The molecule has 31 heavy (non-hydrogen) atoms. The number of halogens is 1. The van der Waals surface area contributed by atoms with Crippen molar-refractivity contribution in [2.45, 2.75) is 45.4 Å². The number of aromatic nitrogens is 4. The summed E-state index contributed by atoms with van der Waals surface area (Å²) in [6.07, 6.45) is 0. The van der Waals surface area contributed by atoms with E-state index >= 15 is 0 Å². The molecule has 1 aromatic carbocycles. The average molecular weight is 479 g/mol. The standard InChI is InChI=1S/C20H23ClN6O2S2/c1-5-27-17(12(3)22-18(29)14-6-8-15(21)9-7-14)25-26-20(27)30-10-16(28)24-19-23-11(2)13(4)31-19/h6-9,12H,5,10H2,1-4H3,(H,22,29)(H,23,24,28)/t12-/m0/s1. The first-order valence-corrected chi connectivity index (χ1v) is 11.8. The maximum Gasteiger partial charge on any atom is 0.251 e. The van der Waals surface area contributed by atoms with Crippen LogP contribution >= 0.6 is 34.7 Å². The smallest absolute Gasteiger partial charge is 0.251 e. The summed E-state index contributed by atoms with van der Waals surface area (Å²) >= 11 is 8.62. The minimum atomic E-state index is -0.361. The van der Waals surface area contributed by atoms with E-state index in [1.54, 1.807) is 24.3 Å². The fourth-order valence-electron chi connectivity index (χ4n) is 2.78. The normalized spacial score (nSPS) is 11.9. The molecule has 3 aromatic rings. The summed E-state index contributed by atoms with van der Waals surface area (Å²) < 4.78 is 1.89. The van der Waals surface area contributed by atoms with E-state index in [0.717, 1.165) is 10.6 Å². The van der Waals surface area contributed by atoms with Crippen molar-refractivity contribution in [2.75, 3.05) is 11.1 Å². The Balaban J connectivity index is 1.62. The lowest BCUT2D eigenvalue weighted by molar-refractivity contribution is -0.113. The zero-order valence-electron chi connectivity index (χ0n) is 17.6. The average Bonchev–Trinajstić information content (AvgIpc) is 3.29. The number of nitrogens with zero attached hydrogens (tertiary/aromatic N) is 4. The predicted molar refractivity (Wildman–Crippen MR) is 124 cm³/mol. The zero-order valence-corrected chi connectivity index (χ0v) is 20.0. The number of anilines is 1. The number of hydrogen-bond donors (Lipinski definition) is 2. The second kappa shape index (κ2) is 10.3. The Morgan fingerprint density at radius 3 is 2.55 bits per heavy atom. The lowest BCUT2D eigenvalue weighted by Crippen LogP contribution is -2.28. The topological polar surface area (TPSA) is 102 Å². The molecule has 0 bridgehead atoms. The highest BCUT2D eigenvalue weighted by Crippen LogP contribution is 2.23. The minimum absolute atomic E-state index is 0.157. The fourth-order valence-corrected chi connectivity index (χ4v) is 4.55. The lowest BCUT2D eigenvalue weighted by atomic mass is 10.2. The molecular weight excluding hydrogens is 456 g/mol. The molecule has 0 saturated carbocycles. The van der Waals surface area contributed by atoms with Gasteiger partial charge in [0.25, 0.3) is 5.91 Å². The van der Waals surface area contributed by atoms with E-state index in [1.165, 1.54) is 23.1 Å². The van der Waals surface area contributed by atoms with Gasteiger partial charge in [-0.05, 0) is 52.0 Å². The van der Waals surface area contributed by atoms with Gasteiger partial charge in [-0.15, -0.1) is 21.5 Å². The van der Waals surface area contributed by atoms with Gasteiger partial charge in [0.15, 0.2) is 16.1 Å². The third-order valence-corrected chi connectivity index (χ3v) is 6.72. The molecule has 3 rings (SSSR count). The summed E-state index contributed by atoms with van der Waals surface area (Å²) in [6, 6.07) is 6.31. The van der Waals surface area contributed by atoms with Crippen LogP contribution in [0.4, 0.5) is 5.13 Å². The van der Waals surface area contributed by atoms with Crippen LogP contribution in [0.2, 0.25) is 5.02 Å². The molecule has 0 aliphatic heterocycles. The van der Waals surface area contributed by atoms with Crippen molar-refractivity contribution in [3.05, 3.63) is 51.2 Å². The minimum Gasteiger partial charge on any atom is -0.342 e. The van der Waals surface area contributed by atoms with E-state index in [-0.39, 0.29) is 23.6 Å². The van der Waals surface area contributed by atoms with Crippen molar-refractivity contribution in [2.24, 2.45) is 0 Å². The summed E-state index contributed by atoms with van der Waals surface area (Å²) in [5.74, 6) is 0.424. The molecular formula is C20H23ClN6O2S2. The maximum absolute atomic E-state index is 12.5. The number of rotatable bonds is 8. The van der Waals surface area contributed by atoms with E-state index < -0.39 is 0 Å². The molecule has 164 valence electrons. The van der Waals surface area contributed by atoms with Crippen LogP contribution in [0, 0.1) is 13.8 Å². The Bertz CT molecular complexity index is 1060. The summed E-state index contributed by atoms with van der Waals surface area (Å²) in [7, 11) is 0. The van der Waals surface area contributed by atoms with Gasteiger partial charge in [-0.3, -0.25) is 9.59 Å². The van der Waals surface area contributed by atoms with Gasteiger partial charge >= 0.3 is 0 Å². The Labute approximate surface area is 193 Å². The van der Waals surface area contributed by atoms with Gasteiger partial charge in [0.2, 0.25) is 5.91 Å². The van der Waals surface area contributed by atoms with Crippen molar-refractivity contribution < 1.29 is 9.59 Å². The van der Waals surface area contributed by atoms with Crippen LogP contribution < -0.4 is 10.6 Å². The zero-order chi connectivity index (χ0) is 22.5. The van der Waals surface area contributed by atoms with Gasteiger partial charge in [0.05, 0.1) is 17.5 Å². The largest absolute Gasteiger partial charge is 0.342 e. The van der Waals surface area contributed by atoms with E-state index in [2.05, 4.69) is 25.8 Å². The second-order valence-corrected chi connectivity index (χ2v) is 9.37. The van der Waals surface area contributed by atoms with E-state index in [9.17, 15) is 9.59 Å². The number of aryl methyl sites for hydroxylation is 2. The lowest BCUT2D eigenvalue weighted by Gasteiger charge is -2.15. The van der Waals surface area contributed by atoms with Crippen LogP contribution in [0.15, 0.2) is 29.4 Å². The van der Waals surface area contributed by atoms with Crippen LogP contribution in [0.25, 0.3) is 0 Å². The van der Waals surface area contributed by atoms with E-state index in [4.69, 9.17) is 11.6 Å². The molecule has 8 nitrogen and oxygen atoms in total. The van der Waals surface area contributed by atoms with Crippen LogP contribution in [0.1, 0.15) is 46.6 Å². The summed E-state index contributed by atoms with van der Waals surface area (Å²) in [4.78, 5) is 30.2. The van der Waals surface area contributed by atoms with Crippen molar-refractivity contribution in [1.82, 2.24) is 25.1 Å². The quantitative estimate of drug-likeness (QED) is 0.469.